The number of likely N-dealkylation sites (tertiary alicyclic amines) is 1. The van der Waals surface area contributed by atoms with Gasteiger partial charge < -0.3 is 15.0 Å². The molecule has 122 valence electrons. The van der Waals surface area contributed by atoms with E-state index in [0.717, 1.165) is 45.3 Å². The van der Waals surface area contributed by atoms with Crippen molar-refractivity contribution in [1.82, 2.24) is 10.2 Å². The van der Waals surface area contributed by atoms with Gasteiger partial charge in [0.2, 0.25) is 0 Å². The molecule has 0 spiro atoms. The van der Waals surface area contributed by atoms with Crippen LogP contribution < -0.4 is 5.32 Å². The number of nitrogens with zero attached hydrogens (tertiary/aromatic N) is 1. The molecule has 1 amide bonds. The topological polar surface area (TPSA) is 41.6 Å². The van der Waals surface area contributed by atoms with Gasteiger partial charge in [0.1, 0.15) is 5.60 Å². The molecule has 0 saturated carbocycles. The minimum Gasteiger partial charge on any atom is -0.444 e. The fourth-order valence-electron chi connectivity index (χ4n) is 2.48. The molecule has 1 aliphatic rings. The third-order valence-corrected chi connectivity index (χ3v) is 3.83. The van der Waals surface area contributed by atoms with E-state index in [1.165, 1.54) is 0 Å². The number of hydrogen-bond acceptors (Lipinski definition) is 3. The van der Waals surface area contributed by atoms with Crippen LogP contribution in [-0.4, -0.2) is 42.3 Å². The van der Waals surface area contributed by atoms with Crippen LogP contribution in [0.15, 0.2) is 12.7 Å². The maximum absolute atomic E-state index is 12.0. The Kier molecular flexibility index (Phi) is 7.23. The molecule has 0 aromatic heterocycles. The zero-order valence-electron chi connectivity index (χ0n) is 14.2. The Morgan fingerprint density at radius 3 is 2.57 bits per heavy atom. The van der Waals surface area contributed by atoms with Crippen molar-refractivity contribution in [2.45, 2.75) is 65.0 Å². The van der Waals surface area contributed by atoms with Gasteiger partial charge in [-0.15, -0.1) is 6.58 Å². The summed E-state index contributed by atoms with van der Waals surface area (Å²) in [5.74, 6) is 0.662. The van der Waals surface area contributed by atoms with Gasteiger partial charge in [0, 0.05) is 19.1 Å². The van der Waals surface area contributed by atoms with Crippen LogP contribution in [0.4, 0.5) is 4.79 Å². The second-order valence-electron chi connectivity index (χ2n) is 7.09. The Morgan fingerprint density at radius 1 is 1.43 bits per heavy atom. The Hall–Kier alpha value is -1.03. The van der Waals surface area contributed by atoms with E-state index in [-0.39, 0.29) is 6.09 Å². The van der Waals surface area contributed by atoms with Crippen molar-refractivity contribution in [3.8, 4) is 0 Å². The fraction of sp³-hybridized carbons (Fsp3) is 0.824. The van der Waals surface area contributed by atoms with Gasteiger partial charge in [-0.05, 0) is 65.8 Å². The van der Waals surface area contributed by atoms with Crippen LogP contribution in [0.1, 0.15) is 53.4 Å². The molecule has 0 aliphatic carbocycles. The molecular formula is C17H32N2O2. The van der Waals surface area contributed by atoms with Crippen LogP contribution in [-0.2, 0) is 4.74 Å². The average Bonchev–Trinajstić information content (AvgIpc) is 2.41. The highest BCUT2D eigenvalue weighted by Crippen LogP contribution is 2.19. The monoisotopic (exact) mass is 296 g/mol. The highest BCUT2D eigenvalue weighted by atomic mass is 16.6. The van der Waals surface area contributed by atoms with Crippen LogP contribution in [0, 0.1) is 5.92 Å². The lowest BCUT2D eigenvalue weighted by Gasteiger charge is -2.34. The number of piperidine rings is 1. The first-order valence-electron chi connectivity index (χ1n) is 8.14. The smallest absolute Gasteiger partial charge is 0.410 e. The van der Waals surface area contributed by atoms with Crippen molar-refractivity contribution in [2.75, 3.05) is 19.6 Å². The number of allylic oxidation sites excluding steroid dienone is 1. The van der Waals surface area contributed by atoms with Crippen molar-refractivity contribution in [3.63, 3.8) is 0 Å². The van der Waals surface area contributed by atoms with Crippen LogP contribution in [0.3, 0.4) is 0 Å². The van der Waals surface area contributed by atoms with Crippen molar-refractivity contribution >= 4 is 6.09 Å². The van der Waals surface area contributed by atoms with Crippen molar-refractivity contribution in [2.24, 2.45) is 5.92 Å². The van der Waals surface area contributed by atoms with E-state index in [9.17, 15) is 4.79 Å². The van der Waals surface area contributed by atoms with Crippen LogP contribution >= 0.6 is 0 Å². The van der Waals surface area contributed by atoms with Gasteiger partial charge in [-0.25, -0.2) is 4.79 Å². The van der Waals surface area contributed by atoms with Crippen molar-refractivity contribution in [1.29, 1.82) is 0 Å². The van der Waals surface area contributed by atoms with Crippen molar-refractivity contribution < 1.29 is 9.53 Å². The Balaban J connectivity index is 2.23. The quantitative estimate of drug-likeness (QED) is 0.762. The lowest BCUT2D eigenvalue weighted by molar-refractivity contribution is 0.0183. The molecule has 0 bridgehead atoms. The summed E-state index contributed by atoms with van der Waals surface area (Å²) in [4.78, 5) is 13.8. The summed E-state index contributed by atoms with van der Waals surface area (Å²) in [6, 6.07) is 0.534. The van der Waals surface area contributed by atoms with E-state index in [2.05, 4.69) is 18.8 Å². The molecule has 0 radical (unpaired) electrons. The standard InChI is InChI=1S/C17H32N2O2/c1-6-7-8-14(2)18-13-15-9-11-19(12-10-15)16(20)21-17(3,4)5/h6,14-15,18H,1,7-13H2,2-5H3. The lowest BCUT2D eigenvalue weighted by Crippen LogP contribution is -2.43. The first-order chi connectivity index (χ1) is 9.81. The predicted octanol–water partition coefficient (Wildman–Crippen LogP) is 3.58. The van der Waals surface area contributed by atoms with Gasteiger partial charge in [-0.2, -0.15) is 0 Å². The number of ether oxygens (including phenoxy) is 1. The fourth-order valence-corrected chi connectivity index (χ4v) is 2.48. The summed E-state index contributed by atoms with van der Waals surface area (Å²) >= 11 is 0. The minimum atomic E-state index is -0.407. The molecule has 1 N–H and O–H groups in total. The molecule has 1 aliphatic heterocycles. The summed E-state index contributed by atoms with van der Waals surface area (Å²) in [6.07, 6.45) is 6.11. The lowest BCUT2D eigenvalue weighted by atomic mass is 9.96. The molecule has 0 aromatic rings. The molecule has 1 unspecified atom stereocenters. The highest BCUT2D eigenvalue weighted by Gasteiger charge is 2.26. The van der Waals surface area contributed by atoms with Crippen molar-refractivity contribution in [3.05, 3.63) is 12.7 Å². The predicted molar refractivity (Wildman–Crippen MR) is 87.4 cm³/mol. The first kappa shape index (κ1) is 18.0. The van der Waals surface area contributed by atoms with E-state index >= 15 is 0 Å². The summed E-state index contributed by atoms with van der Waals surface area (Å²) in [7, 11) is 0. The third kappa shape index (κ3) is 7.51. The molecular weight excluding hydrogens is 264 g/mol. The molecule has 4 heteroatoms. The molecule has 1 atom stereocenters. The molecule has 0 aromatic carbocycles. The molecule has 1 saturated heterocycles. The number of nitrogens with one attached hydrogen (secondary N) is 1. The largest absolute Gasteiger partial charge is 0.444 e. The normalized spacial score (nSPS) is 18.4. The van der Waals surface area contributed by atoms with Gasteiger partial charge in [0.25, 0.3) is 0 Å². The second kappa shape index (κ2) is 8.42. The van der Waals surface area contributed by atoms with Crippen LogP contribution in [0.25, 0.3) is 0 Å². The maximum atomic E-state index is 12.0. The number of carbonyl (C=O) groups is 1. The molecule has 4 nitrogen and oxygen atoms in total. The zero-order valence-corrected chi connectivity index (χ0v) is 14.2. The van der Waals surface area contributed by atoms with Gasteiger partial charge in [-0.3, -0.25) is 0 Å². The van der Waals surface area contributed by atoms with Gasteiger partial charge in [0.05, 0.1) is 0 Å². The number of carbonyl (C=O) groups excluding carboxylic acids is 1. The van der Waals surface area contributed by atoms with Gasteiger partial charge >= 0.3 is 6.09 Å². The van der Waals surface area contributed by atoms with E-state index in [4.69, 9.17) is 4.74 Å². The SMILES string of the molecule is C=CCCC(C)NCC1CCN(C(=O)OC(C)(C)C)CC1. The molecule has 1 rings (SSSR count). The summed E-state index contributed by atoms with van der Waals surface area (Å²) in [6.45, 7) is 14.4. The van der Waals surface area contributed by atoms with E-state index in [1.807, 2.05) is 31.7 Å². The van der Waals surface area contributed by atoms with Gasteiger partial charge in [-0.1, -0.05) is 6.08 Å². The Morgan fingerprint density at radius 2 is 2.05 bits per heavy atom. The molecule has 21 heavy (non-hydrogen) atoms. The molecule has 1 fully saturated rings. The van der Waals surface area contributed by atoms with Crippen LogP contribution in [0.2, 0.25) is 0 Å². The Bertz CT molecular complexity index is 328. The maximum Gasteiger partial charge on any atom is 0.410 e. The van der Waals surface area contributed by atoms with Crippen LogP contribution in [0.5, 0.6) is 0 Å². The second-order valence-corrected chi connectivity index (χ2v) is 7.09. The van der Waals surface area contributed by atoms with Gasteiger partial charge in [0.15, 0.2) is 0 Å². The average molecular weight is 296 g/mol. The summed E-state index contributed by atoms with van der Waals surface area (Å²) in [5, 5.41) is 3.59. The first-order valence-corrected chi connectivity index (χ1v) is 8.14. The summed E-state index contributed by atoms with van der Waals surface area (Å²) < 4.78 is 5.42. The van der Waals surface area contributed by atoms with E-state index in [0.29, 0.717) is 12.0 Å². The van der Waals surface area contributed by atoms with E-state index in [1.54, 1.807) is 0 Å². The van der Waals surface area contributed by atoms with E-state index < -0.39 is 5.60 Å². The zero-order chi connectivity index (χ0) is 15.9. The minimum absolute atomic E-state index is 0.173. The number of hydrogen-bond donors (Lipinski definition) is 1. The Labute approximate surface area is 129 Å². The number of rotatable bonds is 6. The molecule has 1 heterocycles. The highest BCUT2D eigenvalue weighted by molar-refractivity contribution is 5.68. The third-order valence-electron chi connectivity index (χ3n) is 3.83. The summed E-state index contributed by atoms with van der Waals surface area (Å²) in [5.41, 5.74) is -0.407. The number of amides is 1.